The van der Waals surface area contributed by atoms with Crippen LogP contribution in [0.3, 0.4) is 0 Å². The molecule has 0 aliphatic carbocycles. The van der Waals surface area contributed by atoms with Crippen LogP contribution in [0.4, 0.5) is 0 Å². The number of rotatable bonds is 5. The molecule has 4 atom stereocenters. The molecule has 0 aromatic heterocycles. The molecule has 134 valence electrons. The van der Waals surface area contributed by atoms with E-state index >= 15 is 0 Å². The van der Waals surface area contributed by atoms with E-state index in [0.717, 1.165) is 24.3 Å². The van der Waals surface area contributed by atoms with Gasteiger partial charge in [0, 0.05) is 18.0 Å². The molecule has 0 bridgehead atoms. The summed E-state index contributed by atoms with van der Waals surface area (Å²) >= 11 is 0. The molecule has 3 rings (SSSR count). The van der Waals surface area contributed by atoms with Crippen LogP contribution in [-0.4, -0.2) is 25.4 Å². The molecule has 1 aliphatic heterocycles. The highest BCUT2D eigenvalue weighted by Gasteiger charge is 2.36. The van der Waals surface area contributed by atoms with E-state index in [1.54, 1.807) is 14.2 Å². The van der Waals surface area contributed by atoms with Crippen LogP contribution in [0.15, 0.2) is 48.5 Å². The van der Waals surface area contributed by atoms with E-state index in [1.165, 1.54) is 11.1 Å². The minimum absolute atomic E-state index is 0.117. The molecule has 1 saturated heterocycles. The lowest BCUT2D eigenvalue weighted by molar-refractivity contribution is 0.0290. The smallest absolute Gasteiger partial charge is 0.118 e. The van der Waals surface area contributed by atoms with Gasteiger partial charge in [-0.05, 0) is 48.2 Å². The van der Waals surface area contributed by atoms with Crippen LogP contribution in [0, 0.1) is 5.92 Å². The zero-order valence-corrected chi connectivity index (χ0v) is 15.1. The van der Waals surface area contributed by atoms with Gasteiger partial charge in [0.25, 0.3) is 0 Å². The molecule has 0 amide bonds. The van der Waals surface area contributed by atoms with Crippen molar-refractivity contribution in [3.05, 3.63) is 59.7 Å². The lowest BCUT2D eigenvalue weighted by Gasteiger charge is -2.41. The number of aliphatic hydroxyl groups is 1. The molecule has 1 fully saturated rings. The lowest BCUT2D eigenvalue weighted by Crippen LogP contribution is -2.44. The quantitative estimate of drug-likeness (QED) is 0.867. The maximum absolute atomic E-state index is 10.7. The molecular formula is C21H27NO3. The Balaban J connectivity index is 1.85. The van der Waals surface area contributed by atoms with E-state index in [2.05, 4.69) is 36.5 Å². The molecule has 0 spiro atoms. The first kappa shape index (κ1) is 17.8. The van der Waals surface area contributed by atoms with Gasteiger partial charge in [0.2, 0.25) is 0 Å². The van der Waals surface area contributed by atoms with Crippen molar-refractivity contribution in [2.45, 2.75) is 38.0 Å². The number of piperidine rings is 1. The van der Waals surface area contributed by atoms with E-state index in [1.807, 2.05) is 24.3 Å². The first-order valence-electron chi connectivity index (χ1n) is 8.88. The van der Waals surface area contributed by atoms with Gasteiger partial charge in [-0.25, -0.2) is 0 Å². The number of methoxy groups -OCH3 is 2. The van der Waals surface area contributed by atoms with Gasteiger partial charge in [-0.1, -0.05) is 31.2 Å². The first-order chi connectivity index (χ1) is 12.2. The zero-order chi connectivity index (χ0) is 17.8. The van der Waals surface area contributed by atoms with E-state index in [4.69, 9.17) is 9.47 Å². The highest BCUT2D eigenvalue weighted by atomic mass is 16.5. The van der Waals surface area contributed by atoms with Gasteiger partial charge < -0.3 is 19.9 Å². The summed E-state index contributed by atoms with van der Waals surface area (Å²) in [6.07, 6.45) is 1.32. The first-order valence-corrected chi connectivity index (χ1v) is 8.88. The fourth-order valence-electron chi connectivity index (χ4n) is 3.78. The van der Waals surface area contributed by atoms with E-state index < -0.39 is 0 Å². The number of hydrogen-bond acceptors (Lipinski definition) is 4. The zero-order valence-electron chi connectivity index (χ0n) is 15.1. The van der Waals surface area contributed by atoms with Crippen molar-refractivity contribution in [1.29, 1.82) is 0 Å². The Hall–Kier alpha value is -2.04. The number of hydrogen-bond donors (Lipinski definition) is 2. The summed E-state index contributed by atoms with van der Waals surface area (Å²) in [5.41, 5.74) is 2.36. The summed E-state index contributed by atoms with van der Waals surface area (Å²) in [4.78, 5) is 0. The molecule has 2 N–H and O–H groups in total. The van der Waals surface area contributed by atoms with Crippen molar-refractivity contribution in [1.82, 2.24) is 5.32 Å². The molecule has 0 unspecified atom stereocenters. The van der Waals surface area contributed by atoms with Crippen LogP contribution < -0.4 is 14.8 Å². The van der Waals surface area contributed by atoms with Crippen molar-refractivity contribution in [2.75, 3.05) is 14.2 Å². The molecule has 4 nitrogen and oxygen atoms in total. The molecular weight excluding hydrogens is 314 g/mol. The van der Waals surface area contributed by atoms with Gasteiger partial charge in [-0.2, -0.15) is 0 Å². The summed E-state index contributed by atoms with van der Waals surface area (Å²) in [7, 11) is 3.34. The highest BCUT2D eigenvalue weighted by molar-refractivity contribution is 5.33. The van der Waals surface area contributed by atoms with Crippen LogP contribution in [0.25, 0.3) is 0 Å². The Morgan fingerprint density at radius 2 is 1.44 bits per heavy atom. The largest absolute Gasteiger partial charge is 0.497 e. The number of nitrogens with one attached hydrogen (secondary N) is 1. The number of ether oxygens (including phenoxy) is 2. The van der Waals surface area contributed by atoms with Crippen LogP contribution >= 0.6 is 0 Å². The van der Waals surface area contributed by atoms with E-state index in [0.29, 0.717) is 0 Å². The summed E-state index contributed by atoms with van der Waals surface area (Å²) in [5, 5.41) is 14.5. The third kappa shape index (κ3) is 3.80. The molecule has 0 saturated carbocycles. The van der Waals surface area contributed by atoms with Crippen LogP contribution in [0.5, 0.6) is 11.5 Å². The minimum atomic E-state index is -0.328. The van der Waals surface area contributed by atoms with Crippen LogP contribution in [0.1, 0.15) is 43.0 Å². The maximum atomic E-state index is 10.7. The second-order valence-electron chi connectivity index (χ2n) is 6.62. The average molecular weight is 341 g/mol. The SMILES string of the molecule is CC[C@H]1[C@@H](O)C[C@H](c2ccc(OC)cc2)N[C@H]1c1ccc(OC)cc1. The Morgan fingerprint density at radius 1 is 0.920 bits per heavy atom. The molecule has 2 aromatic carbocycles. The molecule has 0 radical (unpaired) electrons. The van der Waals surface area contributed by atoms with Gasteiger partial charge >= 0.3 is 0 Å². The van der Waals surface area contributed by atoms with Gasteiger partial charge in [0.05, 0.1) is 20.3 Å². The Bertz CT molecular complexity index is 669. The predicted octanol–water partition coefficient (Wildman–Crippen LogP) is 3.87. The molecule has 1 aliphatic rings. The van der Waals surface area contributed by atoms with Crippen LogP contribution in [-0.2, 0) is 0 Å². The number of benzene rings is 2. The highest BCUT2D eigenvalue weighted by Crippen LogP contribution is 2.39. The fraction of sp³-hybridized carbons (Fsp3) is 0.429. The number of aliphatic hydroxyl groups excluding tert-OH is 1. The van der Waals surface area contributed by atoms with Gasteiger partial charge in [0.15, 0.2) is 0 Å². The van der Waals surface area contributed by atoms with Crippen LogP contribution in [0.2, 0.25) is 0 Å². The third-order valence-electron chi connectivity index (χ3n) is 5.24. The summed E-state index contributed by atoms with van der Waals surface area (Å²) in [5.74, 6) is 1.89. The summed E-state index contributed by atoms with van der Waals surface area (Å²) in [6.45, 7) is 2.14. The lowest BCUT2D eigenvalue weighted by atomic mass is 9.78. The van der Waals surface area contributed by atoms with Crippen molar-refractivity contribution < 1.29 is 14.6 Å². The summed E-state index contributed by atoms with van der Waals surface area (Å²) in [6, 6.07) is 16.4. The molecule has 25 heavy (non-hydrogen) atoms. The van der Waals surface area contributed by atoms with Crippen molar-refractivity contribution >= 4 is 0 Å². The molecule has 1 heterocycles. The second-order valence-corrected chi connectivity index (χ2v) is 6.62. The van der Waals surface area contributed by atoms with Crippen molar-refractivity contribution in [2.24, 2.45) is 5.92 Å². The topological polar surface area (TPSA) is 50.7 Å². The maximum Gasteiger partial charge on any atom is 0.118 e. The predicted molar refractivity (Wildman–Crippen MR) is 99.0 cm³/mol. The Labute approximate surface area is 149 Å². The Morgan fingerprint density at radius 3 is 1.92 bits per heavy atom. The fourth-order valence-corrected chi connectivity index (χ4v) is 3.78. The van der Waals surface area contributed by atoms with Crippen molar-refractivity contribution in [3.8, 4) is 11.5 Å². The third-order valence-corrected chi connectivity index (χ3v) is 5.24. The monoisotopic (exact) mass is 341 g/mol. The van der Waals surface area contributed by atoms with Gasteiger partial charge in [-0.3, -0.25) is 0 Å². The molecule has 2 aromatic rings. The Kier molecular flexibility index (Phi) is 5.61. The summed E-state index contributed by atoms with van der Waals surface area (Å²) < 4.78 is 10.5. The van der Waals surface area contributed by atoms with Crippen molar-refractivity contribution in [3.63, 3.8) is 0 Å². The second kappa shape index (κ2) is 7.89. The van der Waals surface area contributed by atoms with Gasteiger partial charge in [-0.15, -0.1) is 0 Å². The standard InChI is InChI=1S/C21H27NO3/c1-4-18-20(23)13-19(14-5-9-16(24-2)10-6-14)22-21(18)15-7-11-17(25-3)12-8-15/h5-12,18-23H,4,13H2,1-3H3/t18-,19+,20-,21-/m0/s1. The normalized spacial score (nSPS) is 26.2. The molecule has 4 heteroatoms. The van der Waals surface area contributed by atoms with Gasteiger partial charge in [0.1, 0.15) is 11.5 Å². The average Bonchev–Trinajstić information content (AvgIpc) is 2.67. The van der Waals surface area contributed by atoms with E-state index in [9.17, 15) is 5.11 Å². The minimum Gasteiger partial charge on any atom is -0.497 e. The van der Waals surface area contributed by atoms with E-state index in [-0.39, 0.29) is 24.1 Å².